The quantitative estimate of drug-likeness (QED) is 0.764. The van der Waals surface area contributed by atoms with Crippen molar-refractivity contribution < 1.29 is 13.9 Å². The Balaban J connectivity index is 1.65. The van der Waals surface area contributed by atoms with Crippen molar-refractivity contribution in [2.24, 2.45) is 5.73 Å². The summed E-state index contributed by atoms with van der Waals surface area (Å²) in [5.74, 6) is -0.716. The van der Waals surface area contributed by atoms with E-state index in [2.05, 4.69) is 0 Å². The third-order valence-corrected chi connectivity index (χ3v) is 5.47. The summed E-state index contributed by atoms with van der Waals surface area (Å²) in [4.78, 5) is 14.5. The predicted octanol–water partition coefficient (Wildman–Crippen LogP) is 4.08. The van der Waals surface area contributed by atoms with Gasteiger partial charge in [0.15, 0.2) is 0 Å². The van der Waals surface area contributed by atoms with Gasteiger partial charge in [0.1, 0.15) is 5.82 Å². The maximum atomic E-state index is 14.7. The van der Waals surface area contributed by atoms with Gasteiger partial charge in [0.05, 0.1) is 11.7 Å². The normalized spacial score (nSPS) is 15.1. The second-order valence-electron chi connectivity index (χ2n) is 7.50. The largest absolute Gasteiger partial charge is 0.378 e. The van der Waals surface area contributed by atoms with Gasteiger partial charge in [-0.2, -0.15) is 0 Å². The number of nitrogens with two attached hydrogens (primary N) is 1. The molecule has 0 saturated carbocycles. The van der Waals surface area contributed by atoms with Gasteiger partial charge in [0, 0.05) is 19.7 Å². The van der Waals surface area contributed by atoms with Crippen molar-refractivity contribution in [1.82, 2.24) is 4.90 Å². The molecule has 0 unspecified atom stereocenters. The smallest absolute Gasteiger partial charge is 0.256 e. The minimum absolute atomic E-state index is 0.134. The van der Waals surface area contributed by atoms with Crippen LogP contribution in [0.2, 0.25) is 0 Å². The van der Waals surface area contributed by atoms with E-state index in [4.69, 9.17) is 10.5 Å². The van der Waals surface area contributed by atoms with Crippen LogP contribution in [0.25, 0.3) is 11.1 Å². The highest BCUT2D eigenvalue weighted by molar-refractivity contribution is 5.95. The number of carbonyl (C=O) groups is 1. The molecule has 2 aromatic carbocycles. The SMILES string of the molecule is Cc1ccc(-c2ccc(C(=O)N3CCC(OCCCN)CC3)c(F)c2)cc1C. The monoisotopic (exact) mass is 384 g/mol. The first-order valence-electron chi connectivity index (χ1n) is 9.97. The second kappa shape index (κ2) is 9.30. The molecule has 5 heteroatoms. The Kier molecular flexibility index (Phi) is 6.81. The molecule has 0 atom stereocenters. The highest BCUT2D eigenvalue weighted by Crippen LogP contribution is 2.25. The number of likely N-dealkylation sites (tertiary alicyclic amines) is 1. The number of halogens is 1. The zero-order valence-corrected chi connectivity index (χ0v) is 16.7. The average molecular weight is 384 g/mol. The number of aryl methyl sites for hydroxylation is 2. The van der Waals surface area contributed by atoms with Crippen LogP contribution in [0.5, 0.6) is 0 Å². The molecule has 150 valence electrons. The molecule has 3 rings (SSSR count). The van der Waals surface area contributed by atoms with Gasteiger partial charge in [0.25, 0.3) is 5.91 Å². The third kappa shape index (κ3) is 4.78. The Bertz CT molecular complexity index is 829. The van der Waals surface area contributed by atoms with Crippen molar-refractivity contribution in [3.05, 3.63) is 58.9 Å². The molecule has 1 fully saturated rings. The van der Waals surface area contributed by atoms with Gasteiger partial charge in [-0.3, -0.25) is 4.79 Å². The van der Waals surface area contributed by atoms with Crippen molar-refractivity contribution in [2.45, 2.75) is 39.2 Å². The summed E-state index contributed by atoms with van der Waals surface area (Å²) in [6.07, 6.45) is 2.56. The van der Waals surface area contributed by atoms with Crippen molar-refractivity contribution in [2.75, 3.05) is 26.2 Å². The molecule has 2 aromatic rings. The van der Waals surface area contributed by atoms with Crippen molar-refractivity contribution >= 4 is 5.91 Å². The van der Waals surface area contributed by atoms with E-state index < -0.39 is 5.82 Å². The molecular formula is C23H29FN2O2. The molecular weight excluding hydrogens is 355 g/mol. The number of ether oxygens (including phenoxy) is 1. The summed E-state index contributed by atoms with van der Waals surface area (Å²) in [5, 5.41) is 0. The lowest BCUT2D eigenvalue weighted by Gasteiger charge is -2.32. The van der Waals surface area contributed by atoms with Crippen molar-refractivity contribution in [1.29, 1.82) is 0 Å². The van der Waals surface area contributed by atoms with Crippen molar-refractivity contribution in [3.63, 3.8) is 0 Å². The molecule has 1 amide bonds. The van der Waals surface area contributed by atoms with Crippen LogP contribution in [0.15, 0.2) is 36.4 Å². The predicted molar refractivity (Wildman–Crippen MR) is 110 cm³/mol. The molecule has 0 spiro atoms. The van der Waals surface area contributed by atoms with Crippen LogP contribution < -0.4 is 5.73 Å². The van der Waals surface area contributed by atoms with E-state index in [-0.39, 0.29) is 17.6 Å². The lowest BCUT2D eigenvalue weighted by molar-refractivity contribution is 0.00834. The molecule has 0 aliphatic carbocycles. The van der Waals surface area contributed by atoms with E-state index >= 15 is 0 Å². The fourth-order valence-electron chi connectivity index (χ4n) is 3.52. The van der Waals surface area contributed by atoms with Crippen molar-refractivity contribution in [3.8, 4) is 11.1 Å². The summed E-state index contributed by atoms with van der Waals surface area (Å²) in [6, 6.07) is 10.9. The highest BCUT2D eigenvalue weighted by atomic mass is 19.1. The van der Waals surface area contributed by atoms with Crippen LogP contribution in [-0.2, 0) is 4.74 Å². The van der Waals surface area contributed by atoms with E-state index in [0.717, 1.165) is 36.0 Å². The van der Waals surface area contributed by atoms with Gasteiger partial charge in [-0.15, -0.1) is 0 Å². The molecule has 2 N–H and O–H groups in total. The Morgan fingerprint density at radius 3 is 2.43 bits per heavy atom. The molecule has 1 aliphatic rings. The minimum atomic E-state index is -0.470. The summed E-state index contributed by atoms with van der Waals surface area (Å²) in [5.41, 5.74) is 9.71. The van der Waals surface area contributed by atoms with E-state index in [0.29, 0.717) is 26.2 Å². The van der Waals surface area contributed by atoms with Crippen LogP contribution in [0.1, 0.15) is 40.7 Å². The fraction of sp³-hybridized carbons (Fsp3) is 0.435. The van der Waals surface area contributed by atoms with Gasteiger partial charge in [-0.1, -0.05) is 24.3 Å². The van der Waals surface area contributed by atoms with Crippen LogP contribution >= 0.6 is 0 Å². The van der Waals surface area contributed by atoms with Crippen LogP contribution in [0, 0.1) is 19.7 Å². The molecule has 1 heterocycles. The van der Waals surface area contributed by atoms with Crippen LogP contribution in [0.4, 0.5) is 4.39 Å². The van der Waals surface area contributed by atoms with Crippen LogP contribution in [0.3, 0.4) is 0 Å². The van der Waals surface area contributed by atoms with Gasteiger partial charge in [-0.05, 0) is 74.0 Å². The molecule has 4 nitrogen and oxygen atoms in total. The zero-order valence-electron chi connectivity index (χ0n) is 16.7. The summed E-state index contributed by atoms with van der Waals surface area (Å²) >= 11 is 0. The number of hydrogen-bond donors (Lipinski definition) is 1. The number of rotatable bonds is 6. The molecule has 0 aromatic heterocycles. The highest BCUT2D eigenvalue weighted by Gasteiger charge is 2.25. The summed E-state index contributed by atoms with van der Waals surface area (Å²) in [7, 11) is 0. The number of carbonyl (C=O) groups excluding carboxylic acids is 1. The lowest BCUT2D eigenvalue weighted by Crippen LogP contribution is -2.41. The van der Waals surface area contributed by atoms with Crippen LogP contribution in [-0.4, -0.2) is 43.2 Å². The standard InChI is InChI=1S/C23H29FN2O2/c1-16-4-5-18(14-17(16)2)19-6-7-21(22(24)15-19)23(27)26-11-8-20(9-12-26)28-13-3-10-25/h4-7,14-15,20H,3,8-13,25H2,1-2H3. The van der Waals surface area contributed by atoms with Gasteiger partial charge in [-0.25, -0.2) is 4.39 Å². The Morgan fingerprint density at radius 2 is 1.79 bits per heavy atom. The number of benzene rings is 2. The number of hydrogen-bond acceptors (Lipinski definition) is 3. The fourth-order valence-corrected chi connectivity index (χ4v) is 3.52. The lowest BCUT2D eigenvalue weighted by atomic mass is 9.98. The maximum absolute atomic E-state index is 14.7. The third-order valence-electron chi connectivity index (χ3n) is 5.47. The maximum Gasteiger partial charge on any atom is 0.256 e. The molecule has 28 heavy (non-hydrogen) atoms. The Hall–Kier alpha value is -2.24. The first-order chi connectivity index (χ1) is 13.5. The van der Waals surface area contributed by atoms with E-state index in [1.165, 1.54) is 11.6 Å². The number of piperidine rings is 1. The number of nitrogens with zero attached hydrogens (tertiary/aromatic N) is 1. The Morgan fingerprint density at radius 1 is 1.11 bits per heavy atom. The Labute approximate surface area is 166 Å². The zero-order chi connectivity index (χ0) is 20.1. The second-order valence-corrected chi connectivity index (χ2v) is 7.50. The molecule has 1 saturated heterocycles. The summed E-state index contributed by atoms with van der Waals surface area (Å²) < 4.78 is 20.5. The molecule has 0 bridgehead atoms. The first kappa shape index (κ1) is 20.5. The average Bonchev–Trinajstić information content (AvgIpc) is 2.70. The minimum Gasteiger partial charge on any atom is -0.378 e. The van der Waals surface area contributed by atoms with E-state index in [1.807, 2.05) is 38.1 Å². The van der Waals surface area contributed by atoms with Gasteiger partial charge >= 0.3 is 0 Å². The van der Waals surface area contributed by atoms with E-state index in [1.54, 1.807) is 11.0 Å². The summed E-state index contributed by atoms with van der Waals surface area (Å²) in [6.45, 7) is 6.54. The van der Waals surface area contributed by atoms with E-state index in [9.17, 15) is 9.18 Å². The first-order valence-corrected chi connectivity index (χ1v) is 9.97. The molecule has 1 aliphatic heterocycles. The molecule has 0 radical (unpaired) electrons. The number of amides is 1. The van der Waals surface area contributed by atoms with Gasteiger partial charge < -0.3 is 15.4 Å². The van der Waals surface area contributed by atoms with Gasteiger partial charge in [0.2, 0.25) is 0 Å². The topological polar surface area (TPSA) is 55.6 Å².